The Kier molecular flexibility index (Phi) is 10.1. The summed E-state index contributed by atoms with van der Waals surface area (Å²) in [5.74, 6) is -0.385. The van der Waals surface area contributed by atoms with Crippen LogP contribution in [-0.2, 0) is 26.2 Å². The van der Waals surface area contributed by atoms with Crippen LogP contribution >= 0.6 is 0 Å². The molecule has 2 rings (SSSR count). The highest BCUT2D eigenvalue weighted by atomic mass is 32.2. The summed E-state index contributed by atoms with van der Waals surface area (Å²) < 4.78 is 26.1. The van der Waals surface area contributed by atoms with Crippen molar-refractivity contribution in [1.29, 1.82) is 0 Å². The van der Waals surface area contributed by atoms with Crippen LogP contribution in [0.15, 0.2) is 54.6 Å². The summed E-state index contributed by atoms with van der Waals surface area (Å²) in [4.78, 5) is 27.6. The monoisotopic (exact) mass is 487 g/mol. The molecule has 2 aromatic rings. The third kappa shape index (κ3) is 8.17. The van der Waals surface area contributed by atoms with E-state index in [4.69, 9.17) is 0 Å². The first-order chi connectivity index (χ1) is 16.0. The Hall–Kier alpha value is -2.87. The topological polar surface area (TPSA) is 86.8 Å². The van der Waals surface area contributed by atoms with Crippen LogP contribution in [0.2, 0.25) is 0 Å². The number of amides is 2. The van der Waals surface area contributed by atoms with Crippen LogP contribution < -0.4 is 9.62 Å². The van der Waals surface area contributed by atoms with E-state index < -0.39 is 16.1 Å². The number of sulfonamides is 1. The summed E-state index contributed by atoms with van der Waals surface area (Å²) in [6, 6.07) is 16.2. The molecule has 0 aliphatic carbocycles. The van der Waals surface area contributed by atoms with Crippen molar-refractivity contribution in [1.82, 2.24) is 10.2 Å². The molecule has 7 nitrogen and oxygen atoms in total. The zero-order valence-corrected chi connectivity index (χ0v) is 21.6. The predicted octanol–water partition coefficient (Wildman–Crippen LogP) is 3.87. The van der Waals surface area contributed by atoms with Crippen LogP contribution in [0.4, 0.5) is 5.69 Å². The number of carbonyl (C=O) groups is 2. The largest absolute Gasteiger partial charge is 0.352 e. The van der Waals surface area contributed by atoms with Crippen molar-refractivity contribution < 1.29 is 18.0 Å². The molecule has 0 aliphatic rings. The van der Waals surface area contributed by atoms with Gasteiger partial charge in [-0.15, -0.1) is 0 Å². The Morgan fingerprint density at radius 1 is 1.03 bits per heavy atom. The first kappa shape index (κ1) is 27.4. The molecular weight excluding hydrogens is 450 g/mol. The fourth-order valence-electron chi connectivity index (χ4n) is 3.62. The van der Waals surface area contributed by atoms with Gasteiger partial charge in [0.2, 0.25) is 21.8 Å². The van der Waals surface area contributed by atoms with Crippen molar-refractivity contribution >= 4 is 27.5 Å². The first-order valence-electron chi connectivity index (χ1n) is 11.7. The molecule has 34 heavy (non-hydrogen) atoms. The predicted molar refractivity (Wildman–Crippen MR) is 137 cm³/mol. The Labute approximate surface area is 204 Å². The van der Waals surface area contributed by atoms with Gasteiger partial charge in [-0.1, -0.05) is 49.4 Å². The fraction of sp³-hybridized carbons (Fsp3) is 0.462. The van der Waals surface area contributed by atoms with Crippen LogP contribution in [0, 0.1) is 6.92 Å². The molecule has 0 aliphatic heterocycles. The fourth-order valence-corrected chi connectivity index (χ4v) is 4.57. The first-order valence-corrected chi connectivity index (χ1v) is 13.6. The minimum absolute atomic E-state index is 0.0151. The number of benzene rings is 2. The normalized spacial score (nSPS) is 13.1. The number of aryl methyl sites for hydroxylation is 1. The maximum atomic E-state index is 13.2. The third-order valence-electron chi connectivity index (χ3n) is 5.81. The Bertz CT molecular complexity index is 1060. The summed E-state index contributed by atoms with van der Waals surface area (Å²) in [6.07, 6.45) is 2.43. The second-order valence-electron chi connectivity index (χ2n) is 8.78. The van der Waals surface area contributed by atoms with Gasteiger partial charge in [0, 0.05) is 25.6 Å². The van der Waals surface area contributed by atoms with Gasteiger partial charge in [0.25, 0.3) is 0 Å². The average Bonchev–Trinajstić information content (AvgIpc) is 2.79. The van der Waals surface area contributed by atoms with Crippen LogP contribution in [0.25, 0.3) is 0 Å². The van der Waals surface area contributed by atoms with Crippen molar-refractivity contribution in [3.63, 3.8) is 0 Å². The van der Waals surface area contributed by atoms with E-state index in [1.54, 1.807) is 17.9 Å². The van der Waals surface area contributed by atoms with E-state index in [1.807, 2.05) is 69.3 Å². The zero-order valence-electron chi connectivity index (χ0n) is 20.8. The molecular formula is C26H37N3O4S. The Balaban J connectivity index is 2.14. The lowest BCUT2D eigenvalue weighted by molar-refractivity contribution is -0.140. The Morgan fingerprint density at radius 3 is 2.29 bits per heavy atom. The molecule has 0 radical (unpaired) electrons. The minimum atomic E-state index is -3.50. The molecule has 1 N–H and O–H groups in total. The molecule has 0 saturated heterocycles. The van der Waals surface area contributed by atoms with Crippen LogP contribution in [-0.4, -0.2) is 50.0 Å². The van der Waals surface area contributed by atoms with Gasteiger partial charge in [-0.25, -0.2) is 8.42 Å². The molecule has 0 saturated carbocycles. The van der Waals surface area contributed by atoms with Crippen LogP contribution in [0.1, 0.15) is 51.2 Å². The highest BCUT2D eigenvalue weighted by Crippen LogP contribution is 2.20. The van der Waals surface area contributed by atoms with E-state index in [0.717, 1.165) is 17.5 Å². The van der Waals surface area contributed by atoms with Gasteiger partial charge in [0.05, 0.1) is 11.9 Å². The number of rotatable bonds is 12. The van der Waals surface area contributed by atoms with Crippen LogP contribution in [0.3, 0.4) is 0 Å². The molecule has 2 aromatic carbocycles. The lowest BCUT2D eigenvalue weighted by atomic mass is 10.1. The highest BCUT2D eigenvalue weighted by molar-refractivity contribution is 7.92. The lowest BCUT2D eigenvalue weighted by Gasteiger charge is -2.30. The van der Waals surface area contributed by atoms with Crippen molar-refractivity contribution in [3.05, 3.63) is 65.7 Å². The van der Waals surface area contributed by atoms with Gasteiger partial charge < -0.3 is 10.2 Å². The van der Waals surface area contributed by atoms with Crippen LogP contribution in [0.5, 0.6) is 0 Å². The summed E-state index contributed by atoms with van der Waals surface area (Å²) in [5, 5.41) is 2.95. The van der Waals surface area contributed by atoms with Gasteiger partial charge in [-0.3, -0.25) is 13.9 Å². The molecule has 0 fully saturated rings. The van der Waals surface area contributed by atoms with Crippen molar-refractivity contribution in [2.75, 3.05) is 17.1 Å². The molecule has 2 atom stereocenters. The van der Waals surface area contributed by atoms with Gasteiger partial charge >= 0.3 is 0 Å². The molecule has 0 spiro atoms. The molecule has 2 unspecified atom stereocenters. The summed E-state index contributed by atoms with van der Waals surface area (Å²) in [6.45, 7) is 8.04. The van der Waals surface area contributed by atoms with E-state index >= 15 is 0 Å². The number of hydrogen-bond donors (Lipinski definition) is 1. The van der Waals surface area contributed by atoms with E-state index in [-0.39, 0.29) is 30.8 Å². The van der Waals surface area contributed by atoms with Crippen molar-refractivity contribution in [3.8, 4) is 0 Å². The summed E-state index contributed by atoms with van der Waals surface area (Å²) in [5.41, 5.74) is 2.46. The molecule has 0 bridgehead atoms. The second-order valence-corrected chi connectivity index (χ2v) is 10.7. The number of nitrogens with zero attached hydrogens (tertiary/aromatic N) is 2. The van der Waals surface area contributed by atoms with Gasteiger partial charge in [0.15, 0.2) is 0 Å². The zero-order chi connectivity index (χ0) is 25.3. The molecule has 186 valence electrons. The number of anilines is 1. The minimum Gasteiger partial charge on any atom is -0.352 e. The van der Waals surface area contributed by atoms with E-state index in [2.05, 4.69) is 5.32 Å². The van der Waals surface area contributed by atoms with Crippen molar-refractivity contribution in [2.24, 2.45) is 0 Å². The molecule has 2 amide bonds. The van der Waals surface area contributed by atoms with Gasteiger partial charge in [-0.2, -0.15) is 0 Å². The lowest BCUT2D eigenvalue weighted by Crippen LogP contribution is -2.49. The Morgan fingerprint density at radius 2 is 1.71 bits per heavy atom. The number of nitrogens with one attached hydrogen (secondary N) is 1. The summed E-state index contributed by atoms with van der Waals surface area (Å²) in [7, 11) is -3.50. The maximum absolute atomic E-state index is 13.2. The van der Waals surface area contributed by atoms with E-state index in [9.17, 15) is 18.0 Å². The summed E-state index contributed by atoms with van der Waals surface area (Å²) >= 11 is 0. The van der Waals surface area contributed by atoms with E-state index in [1.165, 1.54) is 10.6 Å². The number of carbonyl (C=O) groups excluding carboxylic acids is 2. The molecule has 0 aromatic heterocycles. The standard InChI is InChI=1S/C26H37N3O4S/c1-6-21(3)27-26(31)22(4)28(19-23-13-8-7-9-14-23)25(30)16-11-17-29(34(5,32)33)24-15-10-12-20(2)18-24/h7-10,12-15,18,21-22H,6,11,16-17,19H2,1-5H3,(H,27,31). The average molecular weight is 488 g/mol. The quantitative estimate of drug-likeness (QED) is 0.492. The second kappa shape index (κ2) is 12.6. The molecule has 0 heterocycles. The molecule has 8 heteroatoms. The van der Waals surface area contributed by atoms with Gasteiger partial charge in [0.1, 0.15) is 6.04 Å². The number of hydrogen-bond acceptors (Lipinski definition) is 4. The smallest absolute Gasteiger partial charge is 0.242 e. The van der Waals surface area contributed by atoms with E-state index in [0.29, 0.717) is 18.7 Å². The SMILES string of the molecule is CCC(C)NC(=O)C(C)N(Cc1ccccc1)C(=O)CCCN(c1cccc(C)c1)S(C)(=O)=O. The van der Waals surface area contributed by atoms with Gasteiger partial charge in [-0.05, 0) is 56.9 Å². The third-order valence-corrected chi connectivity index (χ3v) is 7.00. The maximum Gasteiger partial charge on any atom is 0.242 e. The highest BCUT2D eigenvalue weighted by Gasteiger charge is 2.27. The van der Waals surface area contributed by atoms with Crippen molar-refractivity contribution in [2.45, 2.75) is 65.6 Å².